The first-order valence-electron chi connectivity index (χ1n) is 4.19. The van der Waals surface area contributed by atoms with E-state index in [1.165, 1.54) is 10.5 Å². The molecule has 72 valence electrons. The van der Waals surface area contributed by atoms with E-state index >= 15 is 0 Å². The Morgan fingerprint density at radius 1 is 1.38 bits per heavy atom. The molecule has 0 amide bonds. The summed E-state index contributed by atoms with van der Waals surface area (Å²) in [5.74, 6) is 0.460. The monoisotopic (exact) mass is 259 g/mol. The van der Waals surface area contributed by atoms with E-state index in [2.05, 4.69) is 42.1 Å². The molecule has 0 heterocycles. The summed E-state index contributed by atoms with van der Waals surface area (Å²) in [6, 6.07) is 4.03. The van der Waals surface area contributed by atoms with Crippen LogP contribution in [0.25, 0.3) is 0 Å². The molecule has 0 atom stereocenters. The molecule has 0 aliphatic carbocycles. The second kappa shape index (κ2) is 4.38. The highest BCUT2D eigenvalue weighted by atomic mass is 79.9. The van der Waals surface area contributed by atoms with E-state index in [1.807, 2.05) is 6.07 Å². The molecule has 0 spiro atoms. The van der Waals surface area contributed by atoms with E-state index < -0.39 is 0 Å². The number of rotatable bonds is 2. The van der Waals surface area contributed by atoms with Gasteiger partial charge in [0.1, 0.15) is 0 Å². The molecule has 1 nitrogen and oxygen atoms in total. The van der Waals surface area contributed by atoms with Gasteiger partial charge in [-0.05, 0) is 45.8 Å². The van der Waals surface area contributed by atoms with Gasteiger partial charge in [-0.25, -0.2) is 0 Å². The minimum Gasteiger partial charge on any atom is -0.398 e. The molecule has 1 aromatic carbocycles. The van der Waals surface area contributed by atoms with Crippen molar-refractivity contribution in [1.29, 1.82) is 0 Å². The van der Waals surface area contributed by atoms with Crippen LogP contribution in [-0.4, -0.2) is 6.26 Å². The van der Waals surface area contributed by atoms with Crippen molar-refractivity contribution in [1.82, 2.24) is 0 Å². The van der Waals surface area contributed by atoms with Gasteiger partial charge in [-0.1, -0.05) is 13.8 Å². The maximum Gasteiger partial charge on any atom is 0.0366 e. The van der Waals surface area contributed by atoms with Crippen LogP contribution < -0.4 is 5.73 Å². The van der Waals surface area contributed by atoms with Gasteiger partial charge < -0.3 is 5.73 Å². The Balaban J connectivity index is 3.30. The second-order valence-corrected chi connectivity index (χ2v) is 4.88. The van der Waals surface area contributed by atoms with Crippen molar-refractivity contribution in [3.63, 3.8) is 0 Å². The average molecular weight is 260 g/mol. The number of thioether (sulfide) groups is 1. The Morgan fingerprint density at radius 3 is 2.46 bits per heavy atom. The zero-order valence-electron chi connectivity index (χ0n) is 8.10. The van der Waals surface area contributed by atoms with Crippen LogP contribution >= 0.6 is 27.7 Å². The van der Waals surface area contributed by atoms with E-state index in [0.717, 1.165) is 10.2 Å². The first-order chi connectivity index (χ1) is 6.07. The van der Waals surface area contributed by atoms with E-state index in [9.17, 15) is 0 Å². The lowest BCUT2D eigenvalue weighted by atomic mass is 10.0. The zero-order chi connectivity index (χ0) is 10.0. The summed E-state index contributed by atoms with van der Waals surface area (Å²) in [6.07, 6.45) is 2.07. The smallest absolute Gasteiger partial charge is 0.0366 e. The van der Waals surface area contributed by atoms with Gasteiger partial charge in [0.05, 0.1) is 0 Å². The Morgan fingerprint density at radius 2 is 2.00 bits per heavy atom. The molecule has 2 N–H and O–H groups in total. The summed E-state index contributed by atoms with van der Waals surface area (Å²) >= 11 is 5.33. The third-order valence-corrected chi connectivity index (χ3v) is 3.87. The molecule has 0 aromatic heterocycles. The molecule has 3 heteroatoms. The molecule has 0 radical (unpaired) electrons. The highest BCUT2D eigenvalue weighted by Gasteiger charge is 2.11. The molecule has 0 bridgehead atoms. The van der Waals surface area contributed by atoms with Crippen molar-refractivity contribution in [3.05, 3.63) is 22.2 Å². The fourth-order valence-electron chi connectivity index (χ4n) is 1.33. The molecule has 1 aromatic rings. The maximum atomic E-state index is 5.91. The summed E-state index contributed by atoms with van der Waals surface area (Å²) in [5, 5.41) is 0. The van der Waals surface area contributed by atoms with Crippen LogP contribution in [0.3, 0.4) is 0 Å². The first kappa shape index (κ1) is 10.9. The van der Waals surface area contributed by atoms with E-state index in [-0.39, 0.29) is 0 Å². The predicted molar refractivity (Wildman–Crippen MR) is 64.4 cm³/mol. The Labute approximate surface area is 92.2 Å². The van der Waals surface area contributed by atoms with Crippen LogP contribution in [0, 0.1) is 0 Å². The maximum absolute atomic E-state index is 5.91. The summed E-state index contributed by atoms with van der Waals surface area (Å²) in [5.41, 5.74) is 8.00. The van der Waals surface area contributed by atoms with Crippen molar-refractivity contribution in [2.24, 2.45) is 0 Å². The van der Waals surface area contributed by atoms with Gasteiger partial charge in [0.15, 0.2) is 0 Å². The quantitative estimate of drug-likeness (QED) is 0.645. The lowest BCUT2D eigenvalue weighted by molar-refractivity contribution is 0.858. The lowest BCUT2D eigenvalue weighted by Gasteiger charge is -2.14. The van der Waals surface area contributed by atoms with Gasteiger partial charge in [-0.15, -0.1) is 11.8 Å². The van der Waals surface area contributed by atoms with Crippen LogP contribution in [0.5, 0.6) is 0 Å². The molecule has 0 unspecified atom stereocenters. The Hall–Kier alpha value is -0.150. The number of hydrogen-bond acceptors (Lipinski definition) is 2. The fraction of sp³-hybridized carbons (Fsp3) is 0.400. The number of nitrogens with two attached hydrogens (primary N) is 1. The van der Waals surface area contributed by atoms with Gasteiger partial charge in [-0.3, -0.25) is 0 Å². The minimum atomic E-state index is 0.460. The van der Waals surface area contributed by atoms with Gasteiger partial charge >= 0.3 is 0 Å². The van der Waals surface area contributed by atoms with Crippen molar-refractivity contribution in [2.45, 2.75) is 24.7 Å². The summed E-state index contributed by atoms with van der Waals surface area (Å²) in [6.45, 7) is 4.31. The van der Waals surface area contributed by atoms with Crippen molar-refractivity contribution in [3.8, 4) is 0 Å². The number of hydrogen-bond donors (Lipinski definition) is 1. The molecule has 0 saturated heterocycles. The Bertz CT molecular complexity index is 310. The van der Waals surface area contributed by atoms with Gasteiger partial charge in [-0.2, -0.15) is 0 Å². The van der Waals surface area contributed by atoms with Crippen molar-refractivity contribution in [2.75, 3.05) is 12.0 Å². The summed E-state index contributed by atoms with van der Waals surface area (Å²) < 4.78 is 1.15. The third kappa shape index (κ3) is 2.20. The highest BCUT2D eigenvalue weighted by molar-refractivity contribution is 9.10. The van der Waals surface area contributed by atoms with Crippen LogP contribution in [-0.2, 0) is 0 Å². The third-order valence-electron chi connectivity index (χ3n) is 1.98. The van der Waals surface area contributed by atoms with E-state index in [4.69, 9.17) is 5.73 Å². The average Bonchev–Trinajstić information content (AvgIpc) is 2.04. The molecule has 0 fully saturated rings. The van der Waals surface area contributed by atoms with Crippen LogP contribution in [0.15, 0.2) is 21.5 Å². The zero-order valence-corrected chi connectivity index (χ0v) is 10.5. The molecule has 0 saturated carbocycles. The van der Waals surface area contributed by atoms with Crippen molar-refractivity contribution >= 4 is 33.4 Å². The molecular weight excluding hydrogens is 246 g/mol. The molecule has 13 heavy (non-hydrogen) atoms. The van der Waals surface area contributed by atoms with Crippen molar-refractivity contribution < 1.29 is 0 Å². The topological polar surface area (TPSA) is 26.0 Å². The normalized spacial score (nSPS) is 10.8. The fourth-order valence-corrected chi connectivity index (χ4v) is 3.13. The number of nitrogen functional groups attached to an aromatic ring is 1. The molecule has 1 rings (SSSR count). The van der Waals surface area contributed by atoms with E-state index in [1.54, 1.807) is 11.8 Å². The van der Waals surface area contributed by atoms with Gasteiger partial charge in [0.2, 0.25) is 0 Å². The number of anilines is 1. The highest BCUT2D eigenvalue weighted by Crippen LogP contribution is 2.36. The largest absolute Gasteiger partial charge is 0.398 e. The summed E-state index contributed by atoms with van der Waals surface area (Å²) in [4.78, 5) is 1.25. The molecular formula is C10H14BrNS. The standard InChI is InChI=1S/C10H14BrNS/c1-6(2)9-7(12)4-5-8(13-3)10(9)11/h4-6H,12H2,1-3H3. The first-order valence-corrected chi connectivity index (χ1v) is 6.21. The number of benzene rings is 1. The number of halogens is 1. The van der Waals surface area contributed by atoms with Gasteiger partial charge in [0.25, 0.3) is 0 Å². The molecule has 0 aliphatic heterocycles. The Kier molecular flexibility index (Phi) is 3.68. The van der Waals surface area contributed by atoms with Crippen LogP contribution in [0.4, 0.5) is 5.69 Å². The second-order valence-electron chi connectivity index (χ2n) is 3.24. The minimum absolute atomic E-state index is 0.460. The summed E-state index contributed by atoms with van der Waals surface area (Å²) in [7, 11) is 0. The van der Waals surface area contributed by atoms with Crippen LogP contribution in [0.1, 0.15) is 25.3 Å². The molecule has 0 aliphatic rings. The lowest BCUT2D eigenvalue weighted by Crippen LogP contribution is -1.98. The van der Waals surface area contributed by atoms with Crippen LogP contribution in [0.2, 0.25) is 0 Å². The predicted octanol–water partition coefficient (Wildman–Crippen LogP) is 3.88. The van der Waals surface area contributed by atoms with Gasteiger partial charge in [0, 0.05) is 15.1 Å². The SMILES string of the molecule is CSc1ccc(N)c(C(C)C)c1Br. The van der Waals surface area contributed by atoms with E-state index in [0.29, 0.717) is 5.92 Å².